The summed E-state index contributed by atoms with van der Waals surface area (Å²) in [6.07, 6.45) is -7.78. The third kappa shape index (κ3) is 5.84. The van der Waals surface area contributed by atoms with E-state index in [-0.39, 0.29) is 30.6 Å². The molecule has 0 aliphatic heterocycles. The van der Waals surface area contributed by atoms with Gasteiger partial charge in [0.25, 0.3) is 11.7 Å². The first-order valence-corrected chi connectivity index (χ1v) is 11.4. The zero-order valence-corrected chi connectivity index (χ0v) is 20.3. The fraction of sp³-hybridized carbons (Fsp3) is 0.227. The third-order valence-electron chi connectivity index (χ3n) is 5.29. The summed E-state index contributed by atoms with van der Waals surface area (Å²) < 4.78 is 42.1. The zero-order chi connectivity index (χ0) is 26.9. The van der Waals surface area contributed by atoms with Gasteiger partial charge in [-0.05, 0) is 41.4 Å². The molecule has 10 nitrogen and oxygen atoms in total. The number of H-pyrrole nitrogens is 1. The number of halogens is 5. The van der Waals surface area contributed by atoms with Crippen molar-refractivity contribution >= 4 is 29.1 Å². The number of nitrogens with zero attached hydrogens (tertiary/aromatic N) is 5. The molecule has 37 heavy (non-hydrogen) atoms. The summed E-state index contributed by atoms with van der Waals surface area (Å²) in [6.45, 7) is -1.77. The number of alkyl halides is 3. The van der Waals surface area contributed by atoms with E-state index < -0.39 is 30.4 Å². The van der Waals surface area contributed by atoms with E-state index in [9.17, 15) is 27.9 Å². The van der Waals surface area contributed by atoms with Crippen molar-refractivity contribution in [2.45, 2.75) is 31.9 Å². The largest absolute Gasteiger partial charge is 0.416 e. The van der Waals surface area contributed by atoms with Crippen molar-refractivity contribution in [2.75, 3.05) is 0 Å². The molecular formula is C22H19Cl2F3N7O3+. The number of aliphatic hydroxyl groups is 1. The van der Waals surface area contributed by atoms with E-state index in [2.05, 4.69) is 15.2 Å². The van der Waals surface area contributed by atoms with E-state index >= 15 is 0 Å². The molecule has 0 spiro atoms. The maximum absolute atomic E-state index is 13.2. The zero-order valence-electron chi connectivity index (χ0n) is 18.8. The fourth-order valence-electron chi connectivity index (χ4n) is 3.52. The molecule has 0 aliphatic carbocycles. The van der Waals surface area contributed by atoms with Crippen molar-refractivity contribution in [1.29, 1.82) is 0 Å². The van der Waals surface area contributed by atoms with Gasteiger partial charge in [0.05, 0.1) is 17.1 Å². The molecule has 194 valence electrons. The highest BCUT2D eigenvalue weighted by Crippen LogP contribution is 2.25. The molecule has 1 atom stereocenters. The quantitative estimate of drug-likeness (QED) is 0.286. The second kappa shape index (κ2) is 10.4. The Morgan fingerprint density at radius 1 is 1.16 bits per heavy atom. The predicted octanol–water partition coefficient (Wildman–Crippen LogP) is 2.15. The molecule has 4 rings (SSSR count). The molecule has 2 aromatic heterocycles. The van der Waals surface area contributed by atoms with Crippen LogP contribution in [0.4, 0.5) is 13.2 Å². The maximum atomic E-state index is 13.2. The smallest absolute Gasteiger partial charge is 0.382 e. The molecule has 0 bridgehead atoms. The minimum atomic E-state index is -4.96. The Bertz CT molecular complexity index is 1500. The van der Waals surface area contributed by atoms with Crippen molar-refractivity contribution in [3.63, 3.8) is 0 Å². The number of nitrogens with two attached hydrogens (primary N) is 1. The summed E-state index contributed by atoms with van der Waals surface area (Å²) in [5.41, 5.74) is 5.19. The number of nitrogens with one attached hydrogen (secondary N) is 1. The van der Waals surface area contributed by atoms with Crippen LogP contribution < -0.4 is 16.1 Å². The fourth-order valence-corrected chi connectivity index (χ4v) is 3.87. The molecule has 0 aliphatic rings. The number of benzene rings is 2. The van der Waals surface area contributed by atoms with E-state index in [1.165, 1.54) is 28.9 Å². The Morgan fingerprint density at radius 3 is 2.46 bits per heavy atom. The highest BCUT2D eigenvalue weighted by Gasteiger charge is 2.39. The van der Waals surface area contributed by atoms with E-state index in [0.29, 0.717) is 25.7 Å². The average Bonchev–Trinajstić information content (AvgIpc) is 3.35. The number of carbonyl (C=O) groups is 1. The molecule has 15 heteroatoms. The minimum absolute atomic E-state index is 0.125. The van der Waals surface area contributed by atoms with Crippen LogP contribution in [-0.2, 0) is 24.4 Å². The second-order valence-electron chi connectivity index (χ2n) is 7.96. The molecule has 4 aromatic rings. The van der Waals surface area contributed by atoms with Gasteiger partial charge in [-0.2, -0.15) is 18.3 Å². The summed E-state index contributed by atoms with van der Waals surface area (Å²) in [5.74, 6) is -0.457. The first kappa shape index (κ1) is 26.4. The Hall–Kier alpha value is -3.68. The van der Waals surface area contributed by atoms with Gasteiger partial charge < -0.3 is 10.8 Å². The van der Waals surface area contributed by atoms with Gasteiger partial charge in [0.2, 0.25) is 0 Å². The maximum Gasteiger partial charge on any atom is 0.416 e. The number of hydrogen-bond donors (Lipinski definition) is 3. The van der Waals surface area contributed by atoms with E-state index in [1.54, 1.807) is 24.3 Å². The standard InChI is InChI=1S/C22H18Cl2F3N7O3/c23-13-7-5-12(6-8-13)20-31-34(21(37)32(20)9-16(35)22(25,26)27)11-18-29-19(30-33(18)10-17(28)36)14-3-1-2-4-15(14)24/h1-8,16,35H,9-11H2,(H2,28,36)/p+1/t16-/m0/s1. The van der Waals surface area contributed by atoms with Gasteiger partial charge in [0, 0.05) is 10.6 Å². The minimum Gasteiger partial charge on any atom is -0.382 e. The second-order valence-corrected chi connectivity index (χ2v) is 8.80. The molecule has 0 saturated heterocycles. The number of carbonyl (C=O) groups excluding carboxylic acids is 1. The lowest BCUT2D eigenvalue weighted by Gasteiger charge is -2.15. The summed E-state index contributed by atoms with van der Waals surface area (Å²) in [4.78, 5) is 29.2. The van der Waals surface area contributed by atoms with Crippen molar-refractivity contribution < 1.29 is 27.8 Å². The molecule has 2 heterocycles. The Morgan fingerprint density at radius 2 is 1.84 bits per heavy atom. The van der Waals surface area contributed by atoms with Gasteiger partial charge in [-0.1, -0.05) is 35.3 Å². The summed E-state index contributed by atoms with van der Waals surface area (Å²) >= 11 is 12.1. The van der Waals surface area contributed by atoms with Gasteiger partial charge in [-0.15, -0.1) is 9.78 Å². The van der Waals surface area contributed by atoms with Gasteiger partial charge in [-0.25, -0.2) is 9.48 Å². The number of aromatic nitrogens is 6. The molecule has 4 N–H and O–H groups in total. The van der Waals surface area contributed by atoms with Crippen LogP contribution in [0.2, 0.25) is 10.0 Å². The number of amides is 1. The van der Waals surface area contributed by atoms with E-state index in [4.69, 9.17) is 28.9 Å². The van der Waals surface area contributed by atoms with E-state index in [0.717, 1.165) is 4.68 Å². The third-order valence-corrected chi connectivity index (χ3v) is 5.87. The van der Waals surface area contributed by atoms with Crippen LogP contribution in [0.3, 0.4) is 0 Å². The van der Waals surface area contributed by atoms with Crippen molar-refractivity contribution in [3.05, 3.63) is 74.9 Å². The molecular weight excluding hydrogens is 538 g/mol. The van der Waals surface area contributed by atoms with Gasteiger partial charge >= 0.3 is 17.7 Å². The molecule has 0 fully saturated rings. The van der Waals surface area contributed by atoms with Crippen LogP contribution in [0.25, 0.3) is 22.8 Å². The highest BCUT2D eigenvalue weighted by atomic mass is 35.5. The monoisotopic (exact) mass is 556 g/mol. The highest BCUT2D eigenvalue weighted by molar-refractivity contribution is 6.33. The van der Waals surface area contributed by atoms with Gasteiger partial charge in [0.15, 0.2) is 25.0 Å². The molecule has 2 aromatic carbocycles. The molecule has 0 unspecified atom stereocenters. The SMILES string of the molecule is NC(=O)C[n+]1[nH]c(-c2ccccc2Cl)nc1Cn1nc(-c2ccc(Cl)cc2)n(C[C@H](O)C(F)(F)F)c1=O. The first-order chi connectivity index (χ1) is 17.4. The number of aliphatic hydroxyl groups excluding tert-OH is 1. The number of rotatable bonds is 8. The number of hydrogen-bond acceptors (Lipinski definition) is 5. The van der Waals surface area contributed by atoms with Crippen LogP contribution in [0.1, 0.15) is 5.82 Å². The van der Waals surface area contributed by atoms with Crippen LogP contribution in [-0.4, -0.2) is 47.7 Å². The lowest BCUT2D eigenvalue weighted by molar-refractivity contribution is -0.746. The number of aromatic amines is 1. The van der Waals surface area contributed by atoms with E-state index in [1.807, 2.05) is 0 Å². The normalized spacial score (nSPS) is 12.6. The molecule has 0 radical (unpaired) electrons. The Balaban J connectivity index is 1.80. The predicted molar refractivity (Wildman–Crippen MR) is 127 cm³/mol. The summed E-state index contributed by atoms with van der Waals surface area (Å²) in [6, 6.07) is 12.7. The summed E-state index contributed by atoms with van der Waals surface area (Å²) in [7, 11) is 0. The lowest BCUT2D eigenvalue weighted by atomic mass is 10.2. The van der Waals surface area contributed by atoms with Crippen molar-refractivity contribution in [1.82, 2.24) is 24.4 Å². The summed E-state index contributed by atoms with van der Waals surface area (Å²) in [5, 5.41) is 17.5. The molecule has 1 amide bonds. The van der Waals surface area contributed by atoms with Crippen LogP contribution in [0, 0.1) is 0 Å². The van der Waals surface area contributed by atoms with Crippen LogP contribution in [0.5, 0.6) is 0 Å². The average molecular weight is 557 g/mol. The number of primary amides is 1. The first-order valence-electron chi connectivity index (χ1n) is 10.6. The van der Waals surface area contributed by atoms with Gasteiger partial charge in [0.1, 0.15) is 0 Å². The topological polar surface area (TPSA) is 136 Å². The molecule has 0 saturated carbocycles. The van der Waals surface area contributed by atoms with Crippen molar-refractivity contribution in [3.8, 4) is 22.8 Å². The van der Waals surface area contributed by atoms with Gasteiger partial charge in [-0.3, -0.25) is 9.36 Å². The Kier molecular flexibility index (Phi) is 7.39. The lowest BCUT2D eigenvalue weighted by Crippen LogP contribution is -2.46. The van der Waals surface area contributed by atoms with Crippen LogP contribution in [0.15, 0.2) is 53.3 Å². The van der Waals surface area contributed by atoms with Crippen LogP contribution >= 0.6 is 23.2 Å². The van der Waals surface area contributed by atoms with Crippen molar-refractivity contribution in [2.24, 2.45) is 5.73 Å². The Labute approximate surface area is 216 Å².